The first-order valence-electron chi connectivity index (χ1n) is 5.60. The topological polar surface area (TPSA) is 75.3 Å². The van der Waals surface area contributed by atoms with E-state index < -0.39 is 11.3 Å². The molecular weight excluding hydrogens is 232 g/mol. The van der Waals surface area contributed by atoms with Crippen molar-refractivity contribution in [3.63, 3.8) is 0 Å². The summed E-state index contributed by atoms with van der Waals surface area (Å²) in [6, 6.07) is 4.98. The average Bonchev–Trinajstić information content (AvgIpc) is 2.26. The summed E-state index contributed by atoms with van der Waals surface area (Å²) in [5.74, 6) is -0.949. The summed E-state index contributed by atoms with van der Waals surface area (Å²) in [7, 11) is 0. The number of hydrogen-bond donors (Lipinski definition) is 2. The molecule has 0 radical (unpaired) electrons. The van der Waals surface area contributed by atoms with Crippen molar-refractivity contribution in [3.05, 3.63) is 29.3 Å². The molecular formula is C13H14N2O3. The maximum atomic E-state index is 11.8. The molecule has 18 heavy (non-hydrogen) atoms. The van der Waals surface area contributed by atoms with Gasteiger partial charge < -0.3 is 5.32 Å². The Morgan fingerprint density at radius 1 is 1.28 bits per heavy atom. The SMILES string of the molecule is CC(=O)Nc1ccc2c(c1)C(=O)NC(=O)C2(C)C. The zero-order valence-corrected chi connectivity index (χ0v) is 10.5. The van der Waals surface area contributed by atoms with E-state index in [1.165, 1.54) is 6.92 Å². The first kappa shape index (κ1) is 12.3. The molecule has 1 aliphatic rings. The minimum absolute atomic E-state index is 0.207. The molecule has 0 bridgehead atoms. The Kier molecular flexibility index (Phi) is 2.69. The summed E-state index contributed by atoms with van der Waals surface area (Å²) in [4.78, 5) is 34.5. The minimum Gasteiger partial charge on any atom is -0.326 e. The van der Waals surface area contributed by atoms with Gasteiger partial charge in [0.25, 0.3) is 5.91 Å². The molecule has 1 aliphatic heterocycles. The fourth-order valence-corrected chi connectivity index (χ4v) is 2.01. The number of rotatable bonds is 1. The molecule has 5 nitrogen and oxygen atoms in total. The summed E-state index contributed by atoms with van der Waals surface area (Å²) in [5, 5.41) is 4.93. The van der Waals surface area contributed by atoms with E-state index in [1.54, 1.807) is 32.0 Å². The molecule has 3 amide bonds. The van der Waals surface area contributed by atoms with Gasteiger partial charge in [-0.3, -0.25) is 19.7 Å². The molecule has 0 spiro atoms. The smallest absolute Gasteiger partial charge is 0.258 e. The van der Waals surface area contributed by atoms with Crippen LogP contribution in [0.5, 0.6) is 0 Å². The van der Waals surface area contributed by atoms with Gasteiger partial charge in [0.15, 0.2) is 0 Å². The van der Waals surface area contributed by atoms with Gasteiger partial charge in [-0.05, 0) is 31.5 Å². The van der Waals surface area contributed by atoms with Crippen molar-refractivity contribution in [2.24, 2.45) is 0 Å². The van der Waals surface area contributed by atoms with Gasteiger partial charge in [0.05, 0.1) is 5.41 Å². The summed E-state index contributed by atoms with van der Waals surface area (Å²) in [5.41, 5.74) is 0.885. The number of carbonyl (C=O) groups is 3. The summed E-state index contributed by atoms with van der Waals surface area (Å²) >= 11 is 0. The highest BCUT2D eigenvalue weighted by atomic mass is 16.2. The predicted octanol–water partition coefficient (Wildman–Crippen LogP) is 1.19. The number of anilines is 1. The Balaban J connectivity index is 2.53. The van der Waals surface area contributed by atoms with Crippen molar-refractivity contribution >= 4 is 23.4 Å². The third-order valence-corrected chi connectivity index (χ3v) is 3.05. The standard InChI is InChI=1S/C13H14N2O3/c1-7(16)14-8-4-5-10-9(6-8)11(17)15-12(18)13(10,2)3/h4-6H,1-3H3,(H,14,16)(H,15,17,18). The summed E-state index contributed by atoms with van der Waals surface area (Å²) in [6.07, 6.45) is 0. The van der Waals surface area contributed by atoms with Crippen LogP contribution in [0.4, 0.5) is 5.69 Å². The zero-order chi connectivity index (χ0) is 13.5. The van der Waals surface area contributed by atoms with Crippen LogP contribution in [0.2, 0.25) is 0 Å². The number of amides is 3. The molecule has 0 atom stereocenters. The lowest BCUT2D eigenvalue weighted by atomic mass is 9.78. The molecule has 94 valence electrons. The van der Waals surface area contributed by atoms with Crippen LogP contribution < -0.4 is 10.6 Å². The lowest BCUT2D eigenvalue weighted by molar-refractivity contribution is -0.125. The molecule has 1 aromatic rings. The van der Waals surface area contributed by atoms with Crippen molar-refractivity contribution in [1.29, 1.82) is 0 Å². The highest BCUT2D eigenvalue weighted by Gasteiger charge is 2.39. The van der Waals surface area contributed by atoms with Crippen molar-refractivity contribution < 1.29 is 14.4 Å². The van der Waals surface area contributed by atoms with Gasteiger partial charge in [-0.15, -0.1) is 0 Å². The monoisotopic (exact) mass is 246 g/mol. The first-order valence-corrected chi connectivity index (χ1v) is 5.60. The lowest BCUT2D eigenvalue weighted by Crippen LogP contribution is -2.48. The number of benzene rings is 1. The Bertz CT molecular complexity index is 561. The lowest BCUT2D eigenvalue weighted by Gasteiger charge is -2.30. The second-order valence-corrected chi connectivity index (χ2v) is 4.85. The molecule has 0 saturated heterocycles. The zero-order valence-electron chi connectivity index (χ0n) is 10.5. The average molecular weight is 246 g/mol. The summed E-state index contributed by atoms with van der Waals surface area (Å²) < 4.78 is 0. The van der Waals surface area contributed by atoms with Crippen LogP contribution >= 0.6 is 0 Å². The molecule has 0 aromatic heterocycles. The van der Waals surface area contributed by atoms with E-state index in [-0.39, 0.29) is 11.8 Å². The normalized spacial score (nSPS) is 16.8. The molecule has 0 fully saturated rings. The van der Waals surface area contributed by atoms with E-state index in [4.69, 9.17) is 0 Å². The fourth-order valence-electron chi connectivity index (χ4n) is 2.01. The Hall–Kier alpha value is -2.17. The van der Waals surface area contributed by atoms with Crippen LogP contribution in [0.15, 0.2) is 18.2 Å². The molecule has 0 saturated carbocycles. The third-order valence-electron chi connectivity index (χ3n) is 3.05. The van der Waals surface area contributed by atoms with Gasteiger partial charge in [0.2, 0.25) is 11.8 Å². The molecule has 1 heterocycles. The van der Waals surface area contributed by atoms with Crippen molar-refractivity contribution in [2.75, 3.05) is 5.32 Å². The third kappa shape index (κ3) is 1.88. The maximum absolute atomic E-state index is 11.8. The van der Waals surface area contributed by atoms with Crippen LogP contribution in [0.1, 0.15) is 36.7 Å². The van der Waals surface area contributed by atoms with Gasteiger partial charge in [0, 0.05) is 18.2 Å². The van der Waals surface area contributed by atoms with Crippen LogP contribution in [-0.2, 0) is 15.0 Å². The first-order chi connectivity index (χ1) is 8.32. The van der Waals surface area contributed by atoms with E-state index in [9.17, 15) is 14.4 Å². The number of carbonyl (C=O) groups excluding carboxylic acids is 3. The largest absolute Gasteiger partial charge is 0.326 e. The van der Waals surface area contributed by atoms with Gasteiger partial charge >= 0.3 is 0 Å². The van der Waals surface area contributed by atoms with Gasteiger partial charge in [0.1, 0.15) is 0 Å². The van der Waals surface area contributed by atoms with Crippen LogP contribution in [0.25, 0.3) is 0 Å². The number of imide groups is 1. The maximum Gasteiger partial charge on any atom is 0.258 e. The van der Waals surface area contributed by atoms with Crippen LogP contribution in [-0.4, -0.2) is 17.7 Å². The van der Waals surface area contributed by atoms with Crippen molar-refractivity contribution in [1.82, 2.24) is 5.32 Å². The van der Waals surface area contributed by atoms with Crippen LogP contribution in [0.3, 0.4) is 0 Å². The Labute approximate surface area is 105 Å². The van der Waals surface area contributed by atoms with E-state index in [2.05, 4.69) is 10.6 Å². The number of hydrogen-bond acceptors (Lipinski definition) is 3. The molecule has 0 unspecified atom stereocenters. The second-order valence-electron chi connectivity index (χ2n) is 4.85. The predicted molar refractivity (Wildman–Crippen MR) is 66.2 cm³/mol. The van der Waals surface area contributed by atoms with E-state index in [0.717, 1.165) is 0 Å². The Morgan fingerprint density at radius 3 is 2.56 bits per heavy atom. The van der Waals surface area contributed by atoms with E-state index in [1.807, 2.05) is 0 Å². The fraction of sp³-hybridized carbons (Fsp3) is 0.308. The molecule has 0 aliphatic carbocycles. The number of fused-ring (bicyclic) bond motifs is 1. The molecule has 1 aromatic carbocycles. The molecule has 2 rings (SSSR count). The van der Waals surface area contributed by atoms with E-state index in [0.29, 0.717) is 16.8 Å². The molecule has 5 heteroatoms. The molecule has 2 N–H and O–H groups in total. The van der Waals surface area contributed by atoms with Crippen LogP contribution in [0, 0.1) is 0 Å². The highest BCUT2D eigenvalue weighted by Crippen LogP contribution is 2.32. The number of nitrogens with one attached hydrogen (secondary N) is 2. The van der Waals surface area contributed by atoms with Crippen molar-refractivity contribution in [2.45, 2.75) is 26.2 Å². The van der Waals surface area contributed by atoms with Gasteiger partial charge in [-0.1, -0.05) is 6.07 Å². The minimum atomic E-state index is -0.752. The van der Waals surface area contributed by atoms with Crippen molar-refractivity contribution in [3.8, 4) is 0 Å². The second kappa shape index (κ2) is 3.94. The Morgan fingerprint density at radius 2 is 1.94 bits per heavy atom. The van der Waals surface area contributed by atoms with E-state index >= 15 is 0 Å². The summed E-state index contributed by atoms with van der Waals surface area (Å²) in [6.45, 7) is 4.91. The quantitative estimate of drug-likeness (QED) is 0.731. The highest BCUT2D eigenvalue weighted by molar-refractivity contribution is 6.13. The van der Waals surface area contributed by atoms with Gasteiger partial charge in [-0.2, -0.15) is 0 Å². The van der Waals surface area contributed by atoms with Gasteiger partial charge in [-0.25, -0.2) is 0 Å².